The Morgan fingerprint density at radius 3 is 2.65 bits per heavy atom. The zero-order chi connectivity index (χ0) is 14.2. The van der Waals surface area contributed by atoms with Crippen LogP contribution in [0.15, 0.2) is 46.9 Å². The second kappa shape index (κ2) is 5.30. The fraction of sp³-hybridized carbons (Fsp3) is 0.294. The summed E-state index contributed by atoms with van der Waals surface area (Å²) in [4.78, 5) is 0. The molecule has 0 bridgehead atoms. The molecule has 3 heteroatoms. The second-order valence-electron chi connectivity index (χ2n) is 5.64. The van der Waals surface area contributed by atoms with Gasteiger partial charge in [-0.2, -0.15) is 0 Å². The second-order valence-corrected chi connectivity index (χ2v) is 6.56. The summed E-state index contributed by atoms with van der Waals surface area (Å²) in [5, 5.41) is 3.37. The lowest BCUT2D eigenvalue weighted by molar-refractivity contribution is 0.274. The Labute approximate surface area is 127 Å². The SMILES string of the molecule is Cc1ccc(F)cc1CC1(c2cccc(Br)c2)CNC1. The third kappa shape index (κ3) is 2.52. The minimum Gasteiger partial charge on any atom is -0.315 e. The maximum Gasteiger partial charge on any atom is 0.123 e. The zero-order valence-electron chi connectivity index (χ0n) is 11.4. The van der Waals surface area contributed by atoms with Gasteiger partial charge < -0.3 is 5.32 Å². The number of benzene rings is 2. The fourth-order valence-electron chi connectivity index (χ4n) is 2.87. The Bertz CT molecular complexity index is 635. The van der Waals surface area contributed by atoms with Gasteiger partial charge in [0.25, 0.3) is 0 Å². The van der Waals surface area contributed by atoms with Gasteiger partial charge in [-0.1, -0.05) is 34.1 Å². The highest BCUT2D eigenvalue weighted by atomic mass is 79.9. The van der Waals surface area contributed by atoms with Crippen molar-refractivity contribution in [2.75, 3.05) is 13.1 Å². The average molecular weight is 334 g/mol. The van der Waals surface area contributed by atoms with Gasteiger partial charge in [0.05, 0.1) is 0 Å². The molecular weight excluding hydrogens is 317 g/mol. The average Bonchev–Trinajstić information content (AvgIpc) is 2.38. The molecule has 1 nitrogen and oxygen atoms in total. The van der Waals surface area contributed by atoms with E-state index in [0.717, 1.165) is 35.1 Å². The molecule has 1 heterocycles. The van der Waals surface area contributed by atoms with Crippen molar-refractivity contribution in [2.45, 2.75) is 18.8 Å². The third-order valence-electron chi connectivity index (χ3n) is 4.20. The summed E-state index contributed by atoms with van der Waals surface area (Å²) in [7, 11) is 0. The highest BCUT2D eigenvalue weighted by Gasteiger charge is 2.39. The summed E-state index contributed by atoms with van der Waals surface area (Å²) >= 11 is 3.54. The fourth-order valence-corrected chi connectivity index (χ4v) is 3.27. The normalized spacial score (nSPS) is 16.8. The number of nitrogens with one attached hydrogen (secondary N) is 1. The zero-order valence-corrected chi connectivity index (χ0v) is 13.0. The van der Waals surface area contributed by atoms with Crippen LogP contribution in [0.4, 0.5) is 4.39 Å². The van der Waals surface area contributed by atoms with Gasteiger partial charge in [-0.05, 0) is 54.3 Å². The number of aryl methyl sites for hydroxylation is 1. The molecule has 0 aliphatic carbocycles. The summed E-state index contributed by atoms with van der Waals surface area (Å²) in [6.45, 7) is 3.94. The van der Waals surface area contributed by atoms with Crippen molar-refractivity contribution in [3.8, 4) is 0 Å². The largest absolute Gasteiger partial charge is 0.315 e. The first kappa shape index (κ1) is 13.8. The van der Waals surface area contributed by atoms with E-state index < -0.39 is 0 Å². The molecule has 1 aliphatic heterocycles. The van der Waals surface area contributed by atoms with E-state index in [9.17, 15) is 4.39 Å². The molecule has 0 saturated carbocycles. The molecule has 2 aromatic carbocycles. The smallest absolute Gasteiger partial charge is 0.123 e. The van der Waals surface area contributed by atoms with Gasteiger partial charge in [-0.25, -0.2) is 4.39 Å². The van der Waals surface area contributed by atoms with Crippen molar-refractivity contribution in [1.82, 2.24) is 5.32 Å². The van der Waals surface area contributed by atoms with Crippen molar-refractivity contribution in [3.63, 3.8) is 0 Å². The van der Waals surface area contributed by atoms with E-state index in [1.165, 1.54) is 11.6 Å². The van der Waals surface area contributed by atoms with Crippen LogP contribution in [-0.2, 0) is 11.8 Å². The number of hydrogen-bond acceptors (Lipinski definition) is 1. The summed E-state index contributed by atoms with van der Waals surface area (Å²) in [5.41, 5.74) is 3.66. The highest BCUT2D eigenvalue weighted by Crippen LogP contribution is 2.34. The molecule has 20 heavy (non-hydrogen) atoms. The summed E-state index contributed by atoms with van der Waals surface area (Å²) in [6, 6.07) is 13.5. The minimum atomic E-state index is -0.151. The Balaban J connectivity index is 1.96. The van der Waals surface area contributed by atoms with Crippen molar-refractivity contribution in [2.24, 2.45) is 0 Å². The quantitative estimate of drug-likeness (QED) is 0.895. The monoisotopic (exact) mass is 333 g/mol. The summed E-state index contributed by atoms with van der Waals surface area (Å²) < 4.78 is 14.6. The molecule has 0 spiro atoms. The molecule has 0 amide bonds. The van der Waals surface area contributed by atoms with Gasteiger partial charge in [-0.3, -0.25) is 0 Å². The van der Waals surface area contributed by atoms with Crippen LogP contribution in [0.25, 0.3) is 0 Å². The molecular formula is C17H17BrFN. The molecule has 0 atom stereocenters. The van der Waals surface area contributed by atoms with E-state index in [2.05, 4.69) is 46.4 Å². The van der Waals surface area contributed by atoms with Crippen molar-refractivity contribution in [1.29, 1.82) is 0 Å². The molecule has 0 radical (unpaired) electrons. The number of rotatable bonds is 3. The maximum atomic E-state index is 13.5. The first-order valence-electron chi connectivity index (χ1n) is 6.81. The molecule has 1 N–H and O–H groups in total. The van der Waals surface area contributed by atoms with E-state index in [1.54, 1.807) is 6.07 Å². The first-order valence-corrected chi connectivity index (χ1v) is 7.60. The Morgan fingerprint density at radius 1 is 1.20 bits per heavy atom. The van der Waals surface area contributed by atoms with Gasteiger partial charge >= 0.3 is 0 Å². The van der Waals surface area contributed by atoms with Crippen LogP contribution in [0.3, 0.4) is 0 Å². The molecule has 3 rings (SSSR count). The molecule has 1 fully saturated rings. The Morgan fingerprint density at radius 2 is 2.00 bits per heavy atom. The van der Waals surface area contributed by atoms with Gasteiger partial charge in [0.15, 0.2) is 0 Å². The summed E-state index contributed by atoms with van der Waals surface area (Å²) in [5.74, 6) is -0.151. The molecule has 1 saturated heterocycles. The summed E-state index contributed by atoms with van der Waals surface area (Å²) in [6.07, 6.45) is 0.875. The molecule has 1 aliphatic rings. The lowest BCUT2D eigenvalue weighted by atomic mass is 9.70. The molecule has 0 aromatic heterocycles. The van der Waals surface area contributed by atoms with Crippen LogP contribution < -0.4 is 5.32 Å². The standard InChI is InChI=1S/C17H17BrFN/c1-12-5-6-16(19)7-13(12)9-17(10-20-11-17)14-3-2-4-15(18)8-14/h2-8,20H,9-11H2,1H3. The van der Waals surface area contributed by atoms with Crippen molar-refractivity contribution < 1.29 is 4.39 Å². The topological polar surface area (TPSA) is 12.0 Å². The van der Waals surface area contributed by atoms with Crippen LogP contribution in [0, 0.1) is 12.7 Å². The predicted octanol–water partition coefficient (Wildman–Crippen LogP) is 3.98. The number of halogens is 2. The Hall–Kier alpha value is -1.19. The van der Waals surface area contributed by atoms with E-state index >= 15 is 0 Å². The van der Waals surface area contributed by atoms with E-state index in [1.807, 2.05) is 12.1 Å². The lowest BCUT2D eigenvalue weighted by Crippen LogP contribution is -2.58. The third-order valence-corrected chi connectivity index (χ3v) is 4.70. The lowest BCUT2D eigenvalue weighted by Gasteiger charge is -2.44. The van der Waals surface area contributed by atoms with Gasteiger partial charge in [0.2, 0.25) is 0 Å². The Kier molecular flexibility index (Phi) is 3.65. The minimum absolute atomic E-state index is 0.0856. The van der Waals surface area contributed by atoms with Crippen LogP contribution in [0.5, 0.6) is 0 Å². The molecule has 2 aromatic rings. The number of hydrogen-bond donors (Lipinski definition) is 1. The maximum absolute atomic E-state index is 13.5. The van der Waals surface area contributed by atoms with Crippen LogP contribution >= 0.6 is 15.9 Å². The van der Waals surface area contributed by atoms with Crippen molar-refractivity contribution >= 4 is 15.9 Å². The van der Waals surface area contributed by atoms with Crippen LogP contribution in [-0.4, -0.2) is 13.1 Å². The first-order chi connectivity index (χ1) is 9.59. The highest BCUT2D eigenvalue weighted by molar-refractivity contribution is 9.10. The van der Waals surface area contributed by atoms with Gasteiger partial charge in [0, 0.05) is 23.0 Å². The van der Waals surface area contributed by atoms with Crippen LogP contribution in [0.1, 0.15) is 16.7 Å². The predicted molar refractivity (Wildman–Crippen MR) is 83.5 cm³/mol. The molecule has 104 valence electrons. The van der Waals surface area contributed by atoms with Crippen LogP contribution in [0.2, 0.25) is 0 Å². The van der Waals surface area contributed by atoms with Gasteiger partial charge in [0.1, 0.15) is 5.82 Å². The molecule has 0 unspecified atom stereocenters. The van der Waals surface area contributed by atoms with E-state index in [-0.39, 0.29) is 11.2 Å². The van der Waals surface area contributed by atoms with Crippen molar-refractivity contribution in [3.05, 3.63) is 69.4 Å². The van der Waals surface area contributed by atoms with E-state index in [4.69, 9.17) is 0 Å². The van der Waals surface area contributed by atoms with E-state index in [0.29, 0.717) is 0 Å². The van der Waals surface area contributed by atoms with Gasteiger partial charge in [-0.15, -0.1) is 0 Å².